The van der Waals surface area contributed by atoms with E-state index < -0.39 is 5.41 Å². The maximum Gasteiger partial charge on any atom is 0.0972 e. The first-order chi connectivity index (χ1) is 34.2. The molecule has 4 aromatic heterocycles. The summed E-state index contributed by atoms with van der Waals surface area (Å²) < 4.78 is 0. The maximum absolute atomic E-state index is 5.41. The van der Waals surface area contributed by atoms with Crippen molar-refractivity contribution in [2.75, 3.05) is 0 Å². The monoisotopic (exact) mass is 876 g/mol. The summed E-state index contributed by atoms with van der Waals surface area (Å²) in [6, 6.07) is 86.9. The Bertz CT molecular complexity index is 4130. The average molecular weight is 877 g/mol. The summed E-state index contributed by atoms with van der Waals surface area (Å²) in [5.41, 5.74) is 18.8. The summed E-state index contributed by atoms with van der Waals surface area (Å²) in [5, 5.41) is 6.66. The van der Waals surface area contributed by atoms with Gasteiger partial charge in [-0.1, -0.05) is 194 Å². The topological polar surface area (TPSA) is 51.6 Å². The predicted molar refractivity (Wildman–Crippen MR) is 284 cm³/mol. The van der Waals surface area contributed by atoms with Crippen LogP contribution in [0.4, 0.5) is 0 Å². The van der Waals surface area contributed by atoms with E-state index in [4.69, 9.17) is 19.9 Å². The molecule has 0 atom stereocenters. The highest BCUT2D eigenvalue weighted by atomic mass is 14.8. The van der Waals surface area contributed by atoms with Gasteiger partial charge in [-0.05, 0) is 87.3 Å². The van der Waals surface area contributed by atoms with Crippen molar-refractivity contribution in [3.8, 4) is 56.2 Å². The highest BCUT2D eigenvalue weighted by Crippen LogP contribution is 2.57. The van der Waals surface area contributed by atoms with E-state index in [1.165, 1.54) is 38.8 Å². The largest absolute Gasteiger partial charge is 0.248 e. The minimum absolute atomic E-state index is 0.489. The van der Waals surface area contributed by atoms with Gasteiger partial charge in [0.2, 0.25) is 0 Å². The molecule has 0 saturated heterocycles. The van der Waals surface area contributed by atoms with E-state index in [0.717, 1.165) is 94.0 Å². The number of nitrogens with zero attached hydrogens (tertiary/aromatic N) is 4. The minimum atomic E-state index is -0.489. The van der Waals surface area contributed by atoms with Gasteiger partial charge in [-0.3, -0.25) is 0 Å². The normalized spacial score (nSPS) is 12.8. The Morgan fingerprint density at radius 2 is 0.812 bits per heavy atom. The van der Waals surface area contributed by atoms with Crippen molar-refractivity contribution in [1.29, 1.82) is 0 Å². The summed E-state index contributed by atoms with van der Waals surface area (Å²) in [4.78, 5) is 20.9. The Kier molecular flexibility index (Phi) is 8.77. The molecule has 0 saturated carbocycles. The van der Waals surface area contributed by atoms with E-state index in [2.05, 4.69) is 224 Å². The Labute approximate surface area is 398 Å². The molecule has 4 nitrogen and oxygen atoms in total. The number of hydrogen-bond donors (Lipinski definition) is 0. The molecule has 0 fully saturated rings. The second kappa shape index (κ2) is 15.5. The fourth-order valence-corrected chi connectivity index (χ4v) is 11.0. The van der Waals surface area contributed by atoms with Gasteiger partial charge in [0.25, 0.3) is 0 Å². The van der Waals surface area contributed by atoms with Crippen molar-refractivity contribution in [3.63, 3.8) is 0 Å². The lowest BCUT2D eigenvalue weighted by Gasteiger charge is -2.34. The quantitative estimate of drug-likeness (QED) is 0.156. The molecule has 0 N–H and O–H groups in total. The number of fused-ring (bicyclic) bond motifs is 10. The summed E-state index contributed by atoms with van der Waals surface area (Å²) in [6.07, 6.45) is 0. The molecular formula is C65H40N4. The van der Waals surface area contributed by atoms with Crippen molar-refractivity contribution in [3.05, 3.63) is 265 Å². The molecule has 320 valence electrons. The Morgan fingerprint density at radius 1 is 0.275 bits per heavy atom. The van der Waals surface area contributed by atoms with E-state index in [-0.39, 0.29) is 0 Å². The lowest BCUT2D eigenvalue weighted by atomic mass is 9.67. The van der Waals surface area contributed by atoms with Gasteiger partial charge in [0.05, 0.1) is 50.3 Å². The number of hydrogen-bond acceptors (Lipinski definition) is 4. The number of pyridine rings is 4. The third-order valence-corrected chi connectivity index (χ3v) is 14.3. The summed E-state index contributed by atoms with van der Waals surface area (Å²) in [7, 11) is 0. The van der Waals surface area contributed by atoms with E-state index in [1.54, 1.807) is 0 Å². The number of rotatable bonds is 6. The molecule has 1 aliphatic rings. The van der Waals surface area contributed by atoms with Crippen LogP contribution in [-0.2, 0) is 5.41 Å². The highest BCUT2D eigenvalue weighted by Gasteiger charge is 2.46. The van der Waals surface area contributed by atoms with Crippen molar-refractivity contribution in [1.82, 2.24) is 19.9 Å². The van der Waals surface area contributed by atoms with Crippen LogP contribution in [0.25, 0.3) is 111 Å². The fourth-order valence-electron chi connectivity index (χ4n) is 11.0. The summed E-state index contributed by atoms with van der Waals surface area (Å²) in [5.74, 6) is 0. The smallest absolute Gasteiger partial charge is 0.0972 e. The molecule has 4 heteroatoms. The standard InChI is InChI=1S/C65H40N4/c1-4-14-41(15-5-1)58-34-30-44-28-29-45-31-35-60(68-64(45)63(44)67-58)47-33-37-59-46(38-47)32-36-57(66-59)42-24-26-43(27-25-42)62-54-39-53-50-20-10-12-22-55(50)65(48-16-6-2-7-17-48,49-18-8-3-9-19-49)56(53)40-52(54)51-21-11-13-23-61(51)69-62/h1-40H. The highest BCUT2D eigenvalue weighted by molar-refractivity contribution is 6.13. The van der Waals surface area contributed by atoms with Crippen LogP contribution < -0.4 is 0 Å². The number of benzene rings is 9. The van der Waals surface area contributed by atoms with Gasteiger partial charge in [-0.2, -0.15) is 0 Å². The zero-order valence-corrected chi connectivity index (χ0v) is 37.4. The predicted octanol–water partition coefficient (Wildman–Crippen LogP) is 16.1. The van der Waals surface area contributed by atoms with Crippen LogP contribution in [0.2, 0.25) is 0 Å². The van der Waals surface area contributed by atoms with Gasteiger partial charge < -0.3 is 0 Å². The van der Waals surface area contributed by atoms with E-state index in [0.29, 0.717) is 0 Å². The lowest BCUT2D eigenvalue weighted by molar-refractivity contribution is 0.769. The molecule has 69 heavy (non-hydrogen) atoms. The Hall–Kier alpha value is -9.12. The molecule has 4 heterocycles. The van der Waals surface area contributed by atoms with Crippen molar-refractivity contribution < 1.29 is 0 Å². The molecule has 0 amide bonds. The van der Waals surface area contributed by atoms with Gasteiger partial charge >= 0.3 is 0 Å². The first-order valence-corrected chi connectivity index (χ1v) is 23.5. The lowest BCUT2D eigenvalue weighted by Crippen LogP contribution is -2.28. The number of para-hydroxylation sites is 1. The maximum atomic E-state index is 5.41. The SMILES string of the molecule is c1ccc(-c2ccc3ccc4ccc(-c5ccc6nc(-c7ccc(-c8nc9ccccc9c9cc%10c(cc89)-c8ccccc8C%10(c8ccccc8)c8ccccc8)cc7)ccc6c5)nc4c3n2)cc1. The first-order valence-electron chi connectivity index (χ1n) is 23.5. The Balaban J connectivity index is 0.843. The van der Waals surface area contributed by atoms with Gasteiger partial charge in [0.15, 0.2) is 0 Å². The fraction of sp³-hybridized carbons (Fsp3) is 0.0154. The van der Waals surface area contributed by atoms with Crippen molar-refractivity contribution in [2.45, 2.75) is 5.41 Å². The molecule has 0 radical (unpaired) electrons. The Morgan fingerprint density at radius 3 is 1.52 bits per heavy atom. The molecule has 0 aliphatic heterocycles. The second-order valence-corrected chi connectivity index (χ2v) is 18.1. The third kappa shape index (κ3) is 6.16. The van der Waals surface area contributed by atoms with Gasteiger partial charge in [0, 0.05) is 49.2 Å². The molecule has 13 aromatic rings. The average Bonchev–Trinajstić information content (AvgIpc) is 3.72. The van der Waals surface area contributed by atoms with E-state index >= 15 is 0 Å². The zero-order valence-electron chi connectivity index (χ0n) is 37.4. The molecule has 14 rings (SSSR count). The van der Waals surface area contributed by atoms with Crippen LogP contribution in [0.1, 0.15) is 22.3 Å². The molecule has 0 spiro atoms. The second-order valence-electron chi connectivity index (χ2n) is 18.1. The molecule has 0 unspecified atom stereocenters. The summed E-state index contributed by atoms with van der Waals surface area (Å²) >= 11 is 0. The zero-order chi connectivity index (χ0) is 45.5. The van der Waals surface area contributed by atoms with Crippen LogP contribution in [0.15, 0.2) is 243 Å². The molecule has 0 bridgehead atoms. The molecule has 9 aromatic carbocycles. The molecular weight excluding hydrogens is 837 g/mol. The van der Waals surface area contributed by atoms with Crippen LogP contribution in [0.5, 0.6) is 0 Å². The van der Waals surface area contributed by atoms with Crippen molar-refractivity contribution >= 4 is 54.4 Å². The third-order valence-electron chi connectivity index (χ3n) is 14.3. The van der Waals surface area contributed by atoms with E-state index in [1.807, 2.05) is 18.2 Å². The van der Waals surface area contributed by atoms with Gasteiger partial charge in [0.1, 0.15) is 0 Å². The van der Waals surface area contributed by atoms with Crippen LogP contribution >= 0.6 is 0 Å². The van der Waals surface area contributed by atoms with E-state index in [9.17, 15) is 0 Å². The number of aromatic nitrogens is 4. The first kappa shape index (κ1) is 39.1. The summed E-state index contributed by atoms with van der Waals surface area (Å²) in [6.45, 7) is 0. The van der Waals surface area contributed by atoms with Crippen LogP contribution in [-0.4, -0.2) is 19.9 Å². The van der Waals surface area contributed by atoms with Crippen molar-refractivity contribution in [2.24, 2.45) is 0 Å². The van der Waals surface area contributed by atoms with Crippen LogP contribution in [0, 0.1) is 0 Å². The minimum Gasteiger partial charge on any atom is -0.248 e. The van der Waals surface area contributed by atoms with Gasteiger partial charge in [-0.25, -0.2) is 19.9 Å². The van der Waals surface area contributed by atoms with Crippen LogP contribution in [0.3, 0.4) is 0 Å². The molecule has 1 aliphatic carbocycles. The van der Waals surface area contributed by atoms with Gasteiger partial charge in [-0.15, -0.1) is 0 Å².